The minimum absolute atomic E-state index is 0.159. The first kappa shape index (κ1) is 13.7. The Balaban J connectivity index is 1.77. The summed E-state index contributed by atoms with van der Waals surface area (Å²) < 4.78 is 5.41. The molecule has 0 unspecified atom stereocenters. The van der Waals surface area contributed by atoms with Gasteiger partial charge in [-0.15, -0.1) is 0 Å². The van der Waals surface area contributed by atoms with E-state index in [-0.39, 0.29) is 11.7 Å². The molecule has 0 aromatic heterocycles. The lowest BCUT2D eigenvalue weighted by Gasteiger charge is -2.38. The van der Waals surface area contributed by atoms with Crippen LogP contribution >= 0.6 is 0 Å². The van der Waals surface area contributed by atoms with Crippen molar-refractivity contribution in [2.75, 3.05) is 26.2 Å². The van der Waals surface area contributed by atoms with E-state index in [1.54, 1.807) is 0 Å². The number of hydrogen-bond donors (Lipinski definition) is 0. The highest BCUT2D eigenvalue weighted by molar-refractivity contribution is 5.68. The third-order valence-corrected chi connectivity index (χ3v) is 3.81. The summed E-state index contributed by atoms with van der Waals surface area (Å²) in [5, 5.41) is 0. The van der Waals surface area contributed by atoms with E-state index < -0.39 is 0 Å². The van der Waals surface area contributed by atoms with Crippen molar-refractivity contribution in [2.45, 2.75) is 58.1 Å². The first-order chi connectivity index (χ1) is 8.46. The summed E-state index contributed by atoms with van der Waals surface area (Å²) in [6.07, 6.45) is 5.26. The average Bonchev–Trinajstić information content (AvgIpc) is 2.80. The number of carbonyl (C=O) groups is 1. The molecule has 0 atom stereocenters. The van der Waals surface area contributed by atoms with Crippen molar-refractivity contribution in [1.82, 2.24) is 9.80 Å². The molecular weight excluding hydrogens is 228 g/mol. The third-order valence-electron chi connectivity index (χ3n) is 3.81. The summed E-state index contributed by atoms with van der Waals surface area (Å²) in [5.41, 5.74) is -0.389. The van der Waals surface area contributed by atoms with Gasteiger partial charge in [0, 0.05) is 32.2 Å². The largest absolute Gasteiger partial charge is 0.444 e. The molecule has 0 radical (unpaired) electrons. The van der Waals surface area contributed by atoms with E-state index in [0.29, 0.717) is 0 Å². The Morgan fingerprint density at radius 2 is 1.61 bits per heavy atom. The van der Waals surface area contributed by atoms with Crippen LogP contribution in [-0.2, 0) is 4.74 Å². The van der Waals surface area contributed by atoms with E-state index in [4.69, 9.17) is 4.74 Å². The van der Waals surface area contributed by atoms with Gasteiger partial charge >= 0.3 is 6.09 Å². The molecule has 2 fully saturated rings. The molecule has 2 aliphatic rings. The van der Waals surface area contributed by atoms with E-state index in [1.807, 2.05) is 25.7 Å². The molecule has 1 aliphatic heterocycles. The molecule has 104 valence electrons. The van der Waals surface area contributed by atoms with Crippen molar-refractivity contribution in [2.24, 2.45) is 0 Å². The Bertz CT molecular complexity index is 285. The predicted octanol–water partition coefficient (Wildman–Crippen LogP) is 2.48. The van der Waals surface area contributed by atoms with Crippen LogP contribution < -0.4 is 0 Å². The zero-order chi connectivity index (χ0) is 13.2. The molecule has 18 heavy (non-hydrogen) atoms. The van der Waals surface area contributed by atoms with Crippen LogP contribution in [0.15, 0.2) is 0 Å². The van der Waals surface area contributed by atoms with Gasteiger partial charge in [-0.3, -0.25) is 4.90 Å². The first-order valence-corrected chi connectivity index (χ1v) is 7.18. The molecule has 0 spiro atoms. The molecule has 1 heterocycles. The van der Waals surface area contributed by atoms with Gasteiger partial charge in [-0.05, 0) is 33.6 Å². The van der Waals surface area contributed by atoms with E-state index in [9.17, 15) is 4.79 Å². The van der Waals surface area contributed by atoms with Crippen LogP contribution in [-0.4, -0.2) is 53.7 Å². The second-order valence-electron chi connectivity index (χ2n) is 6.44. The Morgan fingerprint density at radius 3 is 2.11 bits per heavy atom. The van der Waals surface area contributed by atoms with Gasteiger partial charge in [-0.1, -0.05) is 12.8 Å². The normalized spacial score (nSPS) is 23.4. The molecular formula is C14H26N2O2. The van der Waals surface area contributed by atoms with Crippen LogP contribution in [0.1, 0.15) is 46.5 Å². The molecule has 1 saturated carbocycles. The number of ether oxygens (including phenoxy) is 1. The molecule has 4 nitrogen and oxygen atoms in total. The Labute approximate surface area is 110 Å². The van der Waals surface area contributed by atoms with E-state index >= 15 is 0 Å². The number of rotatable bonds is 1. The Kier molecular flexibility index (Phi) is 4.15. The molecule has 1 saturated heterocycles. The maximum atomic E-state index is 11.9. The van der Waals surface area contributed by atoms with Crippen molar-refractivity contribution in [3.8, 4) is 0 Å². The second kappa shape index (κ2) is 5.47. The topological polar surface area (TPSA) is 32.8 Å². The molecule has 2 rings (SSSR count). The molecule has 0 N–H and O–H groups in total. The maximum Gasteiger partial charge on any atom is 0.410 e. The van der Waals surface area contributed by atoms with Crippen LogP contribution in [0.3, 0.4) is 0 Å². The Morgan fingerprint density at radius 1 is 1.06 bits per heavy atom. The number of nitrogens with zero attached hydrogens (tertiary/aromatic N) is 2. The van der Waals surface area contributed by atoms with Crippen molar-refractivity contribution in [3.63, 3.8) is 0 Å². The quantitative estimate of drug-likeness (QED) is 0.720. The maximum absolute atomic E-state index is 11.9. The first-order valence-electron chi connectivity index (χ1n) is 7.18. The summed E-state index contributed by atoms with van der Waals surface area (Å²) in [6, 6.07) is 0.769. The van der Waals surface area contributed by atoms with Gasteiger partial charge in [0.2, 0.25) is 0 Å². The van der Waals surface area contributed by atoms with Gasteiger partial charge in [-0.25, -0.2) is 4.79 Å². The van der Waals surface area contributed by atoms with Crippen LogP contribution in [0.2, 0.25) is 0 Å². The predicted molar refractivity (Wildman–Crippen MR) is 71.6 cm³/mol. The van der Waals surface area contributed by atoms with Gasteiger partial charge in [-0.2, -0.15) is 0 Å². The molecule has 0 aromatic rings. The summed E-state index contributed by atoms with van der Waals surface area (Å²) in [5.74, 6) is 0. The van der Waals surface area contributed by atoms with E-state index in [1.165, 1.54) is 25.7 Å². The van der Waals surface area contributed by atoms with E-state index in [0.717, 1.165) is 32.2 Å². The van der Waals surface area contributed by atoms with Crippen LogP contribution in [0.5, 0.6) is 0 Å². The van der Waals surface area contributed by atoms with Crippen molar-refractivity contribution in [3.05, 3.63) is 0 Å². The summed E-state index contributed by atoms with van der Waals surface area (Å²) in [7, 11) is 0. The molecule has 0 aromatic carbocycles. The van der Waals surface area contributed by atoms with Gasteiger partial charge in [0.05, 0.1) is 0 Å². The fourth-order valence-electron chi connectivity index (χ4n) is 2.87. The second-order valence-corrected chi connectivity index (χ2v) is 6.44. The fraction of sp³-hybridized carbons (Fsp3) is 0.929. The number of piperazine rings is 1. The average molecular weight is 254 g/mol. The molecule has 0 bridgehead atoms. The number of amides is 1. The van der Waals surface area contributed by atoms with Crippen LogP contribution in [0, 0.1) is 0 Å². The monoisotopic (exact) mass is 254 g/mol. The summed E-state index contributed by atoms with van der Waals surface area (Å²) in [4.78, 5) is 16.3. The lowest BCUT2D eigenvalue weighted by molar-refractivity contribution is 0.0106. The minimum atomic E-state index is -0.389. The van der Waals surface area contributed by atoms with Crippen LogP contribution in [0.25, 0.3) is 0 Å². The smallest absolute Gasteiger partial charge is 0.410 e. The Hall–Kier alpha value is -0.770. The van der Waals surface area contributed by atoms with Gasteiger partial charge < -0.3 is 9.64 Å². The highest BCUT2D eigenvalue weighted by Crippen LogP contribution is 2.24. The van der Waals surface area contributed by atoms with Crippen molar-refractivity contribution < 1.29 is 9.53 Å². The lowest BCUT2D eigenvalue weighted by Crippen LogP contribution is -2.52. The number of carbonyl (C=O) groups excluding carboxylic acids is 1. The highest BCUT2D eigenvalue weighted by Gasteiger charge is 2.29. The summed E-state index contributed by atoms with van der Waals surface area (Å²) >= 11 is 0. The van der Waals surface area contributed by atoms with Crippen molar-refractivity contribution in [1.29, 1.82) is 0 Å². The number of hydrogen-bond acceptors (Lipinski definition) is 3. The molecule has 4 heteroatoms. The van der Waals surface area contributed by atoms with E-state index in [2.05, 4.69) is 4.90 Å². The third kappa shape index (κ3) is 3.61. The zero-order valence-electron chi connectivity index (χ0n) is 11.9. The molecule has 1 amide bonds. The van der Waals surface area contributed by atoms with Gasteiger partial charge in [0.15, 0.2) is 0 Å². The lowest BCUT2D eigenvalue weighted by atomic mass is 10.2. The zero-order valence-corrected chi connectivity index (χ0v) is 11.9. The van der Waals surface area contributed by atoms with Gasteiger partial charge in [0.25, 0.3) is 0 Å². The standard InChI is InChI=1S/C14H26N2O2/c1-14(2,3)18-13(17)16-10-8-15(9-11-16)12-6-4-5-7-12/h12H,4-11H2,1-3H3. The van der Waals surface area contributed by atoms with Gasteiger partial charge in [0.1, 0.15) is 5.60 Å². The van der Waals surface area contributed by atoms with Crippen LogP contribution in [0.4, 0.5) is 4.79 Å². The molecule has 1 aliphatic carbocycles. The summed E-state index contributed by atoms with van der Waals surface area (Å²) in [6.45, 7) is 9.38. The minimum Gasteiger partial charge on any atom is -0.444 e. The fourth-order valence-corrected chi connectivity index (χ4v) is 2.87. The SMILES string of the molecule is CC(C)(C)OC(=O)N1CCN(C2CCCC2)CC1. The highest BCUT2D eigenvalue weighted by atomic mass is 16.6. The van der Waals surface area contributed by atoms with Crippen molar-refractivity contribution >= 4 is 6.09 Å².